The molecule has 0 aromatic carbocycles. The molecule has 0 saturated heterocycles. The summed E-state index contributed by atoms with van der Waals surface area (Å²) in [5.74, 6) is 6.37. The Labute approximate surface area is 173 Å². The van der Waals surface area contributed by atoms with Crippen molar-refractivity contribution in [2.75, 3.05) is 27.2 Å². The van der Waals surface area contributed by atoms with E-state index in [1.807, 2.05) is 0 Å². The average Bonchev–Trinajstić information content (AvgIpc) is 2.72. The molecule has 0 bridgehead atoms. The number of amides is 1. The van der Waals surface area contributed by atoms with Crippen LogP contribution in [0.5, 0.6) is 5.88 Å². The van der Waals surface area contributed by atoms with Crippen LogP contribution in [0.1, 0.15) is 57.6 Å². The Bertz CT molecular complexity index is 671. The largest absolute Gasteiger partial charge is 0.473 e. The highest BCUT2D eigenvalue weighted by Gasteiger charge is 2.18. The normalized spacial score (nSPS) is 15.4. The lowest BCUT2D eigenvalue weighted by atomic mass is 9.98. The monoisotopic (exact) mass is 406 g/mol. The highest BCUT2D eigenvalue weighted by molar-refractivity contribution is 5.68. The molecule has 1 heterocycles. The van der Waals surface area contributed by atoms with E-state index in [1.165, 1.54) is 29.2 Å². The summed E-state index contributed by atoms with van der Waals surface area (Å²) in [4.78, 5) is 22.3. The molecular weight excluding hydrogens is 372 g/mol. The van der Waals surface area contributed by atoms with E-state index >= 15 is 0 Å². The van der Waals surface area contributed by atoms with Gasteiger partial charge in [-0.2, -0.15) is 0 Å². The SMILES string of the molecule is CCCCN(C)C(=O)OC/C(=C(/N)c1cnc(OC2CCCCC2)cn1)N(C)N. The molecule has 162 valence electrons. The van der Waals surface area contributed by atoms with Gasteiger partial charge in [0.2, 0.25) is 5.88 Å². The first-order valence-corrected chi connectivity index (χ1v) is 10.3. The fraction of sp³-hybridized carbons (Fsp3) is 0.650. The number of ether oxygens (including phenoxy) is 2. The van der Waals surface area contributed by atoms with Crippen LogP contribution in [0.25, 0.3) is 5.70 Å². The first-order valence-electron chi connectivity index (χ1n) is 10.3. The van der Waals surface area contributed by atoms with Crippen LogP contribution < -0.4 is 16.3 Å². The standard InChI is InChI=1S/C20H34N6O3/c1-4-5-11-25(2)20(27)28-14-17(26(3)22)19(21)16-12-24-18(13-23-16)29-15-9-7-6-8-10-15/h12-13,15H,4-11,14,21-22H2,1-3H3/b19-17-. The number of carbonyl (C=O) groups excluding carboxylic acids is 1. The second kappa shape index (κ2) is 11.5. The molecule has 2 rings (SSSR count). The molecule has 1 saturated carbocycles. The Balaban J connectivity index is 2.01. The molecule has 1 aliphatic rings. The molecule has 0 spiro atoms. The topological polar surface area (TPSA) is 120 Å². The molecule has 1 aromatic heterocycles. The lowest BCUT2D eigenvalue weighted by Gasteiger charge is -2.23. The van der Waals surface area contributed by atoms with Crippen LogP contribution in [0.2, 0.25) is 0 Å². The average molecular weight is 407 g/mol. The van der Waals surface area contributed by atoms with Crippen molar-refractivity contribution in [3.63, 3.8) is 0 Å². The maximum absolute atomic E-state index is 12.1. The number of aromatic nitrogens is 2. The Morgan fingerprint density at radius 1 is 1.21 bits per heavy atom. The predicted molar refractivity (Wildman–Crippen MR) is 111 cm³/mol. The Morgan fingerprint density at radius 3 is 2.52 bits per heavy atom. The number of hydrazine groups is 1. The van der Waals surface area contributed by atoms with Crippen molar-refractivity contribution in [2.24, 2.45) is 11.6 Å². The van der Waals surface area contributed by atoms with Crippen LogP contribution >= 0.6 is 0 Å². The maximum atomic E-state index is 12.1. The number of carbonyl (C=O) groups is 1. The Kier molecular flexibility index (Phi) is 8.98. The molecule has 0 radical (unpaired) electrons. The zero-order chi connectivity index (χ0) is 21.2. The van der Waals surface area contributed by atoms with Gasteiger partial charge < -0.3 is 25.1 Å². The van der Waals surface area contributed by atoms with E-state index in [2.05, 4.69) is 16.9 Å². The smallest absolute Gasteiger partial charge is 0.409 e. The third kappa shape index (κ3) is 7.08. The van der Waals surface area contributed by atoms with Crippen LogP contribution in [0.3, 0.4) is 0 Å². The number of likely N-dealkylation sites (N-methyl/N-ethyl adjacent to an activating group) is 1. The van der Waals surface area contributed by atoms with Gasteiger partial charge in [0.05, 0.1) is 23.8 Å². The first kappa shape index (κ1) is 22.7. The van der Waals surface area contributed by atoms with Crippen molar-refractivity contribution < 1.29 is 14.3 Å². The van der Waals surface area contributed by atoms with Crippen molar-refractivity contribution in [1.29, 1.82) is 0 Å². The van der Waals surface area contributed by atoms with Gasteiger partial charge in [-0.25, -0.2) is 20.6 Å². The third-order valence-corrected chi connectivity index (χ3v) is 4.97. The molecule has 1 amide bonds. The summed E-state index contributed by atoms with van der Waals surface area (Å²) in [5.41, 5.74) is 7.42. The second-order valence-electron chi connectivity index (χ2n) is 7.42. The van der Waals surface area contributed by atoms with Crippen molar-refractivity contribution in [3.05, 3.63) is 23.8 Å². The zero-order valence-electron chi connectivity index (χ0n) is 17.8. The quantitative estimate of drug-likeness (QED) is 0.474. The van der Waals surface area contributed by atoms with Crippen LogP contribution in [0.4, 0.5) is 4.79 Å². The van der Waals surface area contributed by atoms with Crippen molar-refractivity contribution >= 4 is 11.8 Å². The lowest BCUT2D eigenvalue weighted by molar-refractivity contribution is 0.113. The summed E-state index contributed by atoms with van der Waals surface area (Å²) in [7, 11) is 3.33. The molecule has 1 aromatic rings. The number of rotatable bonds is 9. The molecule has 9 heteroatoms. The first-order chi connectivity index (χ1) is 13.9. The van der Waals surface area contributed by atoms with Gasteiger partial charge in [-0.15, -0.1) is 0 Å². The maximum Gasteiger partial charge on any atom is 0.409 e. The summed E-state index contributed by atoms with van der Waals surface area (Å²) in [6, 6.07) is 0. The van der Waals surface area contributed by atoms with Crippen LogP contribution in [-0.4, -0.2) is 59.3 Å². The fourth-order valence-corrected chi connectivity index (χ4v) is 3.11. The summed E-state index contributed by atoms with van der Waals surface area (Å²) >= 11 is 0. The van der Waals surface area contributed by atoms with Gasteiger partial charge in [0.1, 0.15) is 18.4 Å². The van der Waals surface area contributed by atoms with Crippen LogP contribution in [0.15, 0.2) is 18.1 Å². The fourth-order valence-electron chi connectivity index (χ4n) is 3.11. The molecule has 9 nitrogen and oxygen atoms in total. The molecular formula is C20H34N6O3. The number of hydrogen-bond donors (Lipinski definition) is 2. The van der Waals surface area contributed by atoms with Gasteiger partial charge in [-0.3, -0.25) is 0 Å². The van der Waals surface area contributed by atoms with Crippen molar-refractivity contribution in [2.45, 2.75) is 58.0 Å². The van der Waals surface area contributed by atoms with Gasteiger partial charge in [-0.1, -0.05) is 19.8 Å². The molecule has 1 aliphatic carbocycles. The van der Waals surface area contributed by atoms with Gasteiger partial charge in [-0.05, 0) is 32.1 Å². The van der Waals surface area contributed by atoms with E-state index in [1.54, 1.807) is 26.5 Å². The predicted octanol–water partition coefficient (Wildman–Crippen LogP) is 2.49. The van der Waals surface area contributed by atoms with E-state index in [9.17, 15) is 4.79 Å². The third-order valence-electron chi connectivity index (χ3n) is 4.97. The molecule has 0 unspecified atom stereocenters. The highest BCUT2D eigenvalue weighted by Crippen LogP contribution is 2.22. The minimum atomic E-state index is -0.423. The van der Waals surface area contributed by atoms with E-state index in [4.69, 9.17) is 21.1 Å². The molecule has 1 fully saturated rings. The van der Waals surface area contributed by atoms with E-state index in [0.717, 1.165) is 25.7 Å². The minimum absolute atomic E-state index is 0.0594. The minimum Gasteiger partial charge on any atom is -0.473 e. The Hall–Kier alpha value is -2.55. The van der Waals surface area contributed by atoms with Gasteiger partial charge in [0.25, 0.3) is 0 Å². The van der Waals surface area contributed by atoms with Crippen LogP contribution in [-0.2, 0) is 4.74 Å². The van der Waals surface area contributed by atoms with Gasteiger partial charge in [0.15, 0.2) is 0 Å². The summed E-state index contributed by atoms with van der Waals surface area (Å²) < 4.78 is 11.2. The summed E-state index contributed by atoms with van der Waals surface area (Å²) in [6.45, 7) is 2.64. The molecule has 0 aliphatic heterocycles. The summed E-state index contributed by atoms with van der Waals surface area (Å²) in [5, 5.41) is 1.32. The number of unbranched alkanes of at least 4 members (excludes halogenated alkanes) is 1. The van der Waals surface area contributed by atoms with E-state index in [0.29, 0.717) is 29.5 Å². The molecule has 4 N–H and O–H groups in total. The number of hydrogen-bond acceptors (Lipinski definition) is 8. The van der Waals surface area contributed by atoms with Gasteiger partial charge in [0, 0.05) is 20.6 Å². The Morgan fingerprint density at radius 2 is 1.93 bits per heavy atom. The number of nitrogens with zero attached hydrogens (tertiary/aromatic N) is 4. The zero-order valence-corrected chi connectivity index (χ0v) is 17.8. The van der Waals surface area contributed by atoms with E-state index < -0.39 is 6.09 Å². The molecule has 29 heavy (non-hydrogen) atoms. The van der Waals surface area contributed by atoms with Crippen molar-refractivity contribution in [3.8, 4) is 5.88 Å². The van der Waals surface area contributed by atoms with Gasteiger partial charge >= 0.3 is 6.09 Å². The highest BCUT2D eigenvalue weighted by atomic mass is 16.6. The molecule has 0 atom stereocenters. The van der Waals surface area contributed by atoms with Crippen LogP contribution in [0, 0.1) is 0 Å². The second-order valence-corrected chi connectivity index (χ2v) is 7.42. The number of nitrogens with two attached hydrogens (primary N) is 2. The van der Waals surface area contributed by atoms with Crippen molar-refractivity contribution in [1.82, 2.24) is 19.9 Å². The summed E-state index contributed by atoms with van der Waals surface area (Å²) in [6.07, 6.45) is 10.5. The van der Waals surface area contributed by atoms with E-state index in [-0.39, 0.29) is 12.7 Å². The lowest BCUT2D eigenvalue weighted by Crippen LogP contribution is -2.34.